The number of quaternary nitrogens is 1. The second-order valence-corrected chi connectivity index (χ2v) is 19.4. The molecule has 0 spiro atoms. The molecule has 0 heterocycles. The van der Waals surface area contributed by atoms with Crippen molar-refractivity contribution >= 4 is 19.7 Å². The average molecular weight is 940 g/mol. The van der Waals surface area contributed by atoms with Crippen molar-refractivity contribution in [1.82, 2.24) is 5.32 Å². The van der Waals surface area contributed by atoms with Gasteiger partial charge in [0, 0.05) is 12.8 Å². The summed E-state index contributed by atoms with van der Waals surface area (Å²) in [5.74, 6) is -0.639. The Morgan fingerprint density at radius 2 is 1.06 bits per heavy atom. The van der Waals surface area contributed by atoms with Crippen molar-refractivity contribution in [3.05, 3.63) is 109 Å². The maximum atomic E-state index is 13.4. The van der Waals surface area contributed by atoms with Crippen molar-refractivity contribution in [2.24, 2.45) is 0 Å². The number of esters is 1. The average Bonchev–Trinajstić information content (AvgIpc) is 3.27. The van der Waals surface area contributed by atoms with Crippen molar-refractivity contribution in [2.75, 3.05) is 40.9 Å². The fourth-order valence-corrected chi connectivity index (χ4v) is 7.31. The lowest BCUT2D eigenvalue weighted by atomic mass is 10.1. The number of hydrogen-bond acceptors (Lipinski definition) is 6. The maximum Gasteiger partial charge on any atom is 0.472 e. The number of allylic oxidation sites excluding steroid dienone is 17. The van der Waals surface area contributed by atoms with Crippen LogP contribution in [0.2, 0.25) is 0 Å². The number of carbonyl (C=O) groups excluding carboxylic acids is 2. The Morgan fingerprint density at radius 3 is 1.62 bits per heavy atom. The molecule has 0 aromatic carbocycles. The standard InChI is InChI=1S/C56H95N2O7P/c1-7-10-13-16-19-22-25-27-28-29-31-33-36-39-42-45-48-55(59)57-53(52-64-66(61,62)63-51-50-58(4,5)6)54(47-44-41-38-35-32-24-21-18-15-12-9-3)65-56(60)49-46-43-40-37-34-30-26-23-20-17-14-11-8-2/h10-11,13-14,17,19-20,22-23,26-28,31,33,39,42,44,47,53-54H,7-9,12,15-16,18,21,24-25,29-30,32,34-38,40-41,43,45-46,48-52H2,1-6H3,(H-,57,59,61,62)/p+1/b13-10+,14-11+,20-17+,22-19+,26-23-,28-27+,33-31+,42-39+,47-44+. The zero-order chi connectivity index (χ0) is 48.7. The summed E-state index contributed by atoms with van der Waals surface area (Å²) in [5.41, 5.74) is 0. The van der Waals surface area contributed by atoms with E-state index in [9.17, 15) is 19.0 Å². The number of amides is 1. The number of ether oxygens (including phenoxy) is 1. The molecule has 2 N–H and O–H groups in total. The van der Waals surface area contributed by atoms with E-state index in [1.54, 1.807) is 0 Å². The van der Waals surface area contributed by atoms with Crippen LogP contribution in [0.25, 0.3) is 0 Å². The van der Waals surface area contributed by atoms with Gasteiger partial charge < -0.3 is 19.4 Å². The molecular formula is C56H96N2O7P+. The molecule has 3 unspecified atom stereocenters. The molecule has 0 aliphatic carbocycles. The van der Waals surface area contributed by atoms with Crippen molar-refractivity contribution < 1.29 is 37.3 Å². The lowest BCUT2D eigenvalue weighted by Gasteiger charge is -2.27. The minimum absolute atomic E-state index is 0.0175. The van der Waals surface area contributed by atoms with Crippen LogP contribution in [0.15, 0.2) is 109 Å². The summed E-state index contributed by atoms with van der Waals surface area (Å²) in [6.07, 6.45) is 61.1. The van der Waals surface area contributed by atoms with Gasteiger partial charge in [-0.15, -0.1) is 0 Å². The Bertz CT molecular complexity index is 1500. The summed E-state index contributed by atoms with van der Waals surface area (Å²) in [6, 6.07) is -0.901. The van der Waals surface area contributed by atoms with Crippen LogP contribution in [0, 0.1) is 0 Å². The Kier molecular flexibility index (Phi) is 43.2. The topological polar surface area (TPSA) is 111 Å². The predicted octanol–water partition coefficient (Wildman–Crippen LogP) is 15.0. The molecule has 10 heteroatoms. The Morgan fingerprint density at radius 1 is 0.561 bits per heavy atom. The summed E-state index contributed by atoms with van der Waals surface area (Å²) in [4.78, 5) is 37.3. The number of rotatable bonds is 44. The van der Waals surface area contributed by atoms with Gasteiger partial charge in [-0.25, -0.2) is 4.57 Å². The van der Waals surface area contributed by atoms with Crippen molar-refractivity contribution in [3.8, 4) is 0 Å². The SMILES string of the molecule is CC/C=C/C=C/C=C\CCCCCCCC(=O)OC(/C=C/CCCCCCCCCCC)C(COP(=O)(O)OCC[N+](C)(C)C)NC(=O)CC/C=C/C/C=C/C/C=C/C/C=C/C/C=C/CC. The molecule has 0 bridgehead atoms. The van der Waals surface area contributed by atoms with Crippen LogP contribution in [0.4, 0.5) is 0 Å². The van der Waals surface area contributed by atoms with Crippen LogP contribution in [-0.4, -0.2) is 74.3 Å². The van der Waals surface area contributed by atoms with E-state index in [4.69, 9.17) is 13.8 Å². The monoisotopic (exact) mass is 940 g/mol. The number of unbranched alkanes of at least 4 members (excludes halogenated alkanes) is 14. The van der Waals surface area contributed by atoms with E-state index in [1.165, 1.54) is 44.9 Å². The first-order chi connectivity index (χ1) is 31.9. The quantitative estimate of drug-likeness (QED) is 0.0156. The summed E-state index contributed by atoms with van der Waals surface area (Å²) >= 11 is 0. The minimum atomic E-state index is -4.47. The number of phosphoric ester groups is 1. The molecule has 3 atom stereocenters. The zero-order valence-corrected chi connectivity index (χ0v) is 43.5. The van der Waals surface area contributed by atoms with Crippen LogP contribution < -0.4 is 5.32 Å². The molecule has 0 fully saturated rings. The number of carbonyl (C=O) groups is 2. The molecule has 0 radical (unpaired) electrons. The maximum absolute atomic E-state index is 13.4. The van der Waals surface area contributed by atoms with Crippen LogP contribution in [-0.2, 0) is 27.9 Å². The molecule has 0 rings (SSSR count). The first-order valence-electron chi connectivity index (χ1n) is 25.7. The number of nitrogens with zero attached hydrogens (tertiary/aromatic N) is 1. The summed E-state index contributed by atoms with van der Waals surface area (Å²) < 4.78 is 30.4. The molecule has 1 amide bonds. The highest BCUT2D eigenvalue weighted by molar-refractivity contribution is 7.47. The van der Waals surface area contributed by atoms with Crippen LogP contribution in [0.1, 0.15) is 181 Å². The van der Waals surface area contributed by atoms with Gasteiger partial charge in [-0.2, -0.15) is 0 Å². The number of hydrogen-bond donors (Lipinski definition) is 2. The van der Waals surface area contributed by atoms with Gasteiger partial charge >= 0.3 is 13.8 Å². The van der Waals surface area contributed by atoms with Crippen LogP contribution >= 0.6 is 7.82 Å². The van der Waals surface area contributed by atoms with Gasteiger partial charge in [0.25, 0.3) is 0 Å². The highest BCUT2D eigenvalue weighted by Crippen LogP contribution is 2.43. The second-order valence-electron chi connectivity index (χ2n) is 18.0. The molecule has 9 nitrogen and oxygen atoms in total. The first-order valence-corrected chi connectivity index (χ1v) is 27.2. The van der Waals surface area contributed by atoms with E-state index in [-0.39, 0.29) is 37.9 Å². The van der Waals surface area contributed by atoms with Gasteiger partial charge in [0.2, 0.25) is 5.91 Å². The molecule has 0 aromatic rings. The van der Waals surface area contributed by atoms with E-state index in [0.717, 1.165) is 89.9 Å². The molecule has 66 heavy (non-hydrogen) atoms. The van der Waals surface area contributed by atoms with Gasteiger partial charge in [0.1, 0.15) is 19.3 Å². The van der Waals surface area contributed by atoms with Crippen molar-refractivity contribution in [1.29, 1.82) is 0 Å². The predicted molar refractivity (Wildman–Crippen MR) is 281 cm³/mol. The summed E-state index contributed by atoms with van der Waals surface area (Å²) in [6.45, 7) is 6.64. The van der Waals surface area contributed by atoms with E-state index < -0.39 is 20.0 Å². The smallest absolute Gasteiger partial charge is 0.456 e. The molecule has 0 saturated carbocycles. The molecule has 0 aliphatic heterocycles. The van der Waals surface area contributed by atoms with E-state index in [1.807, 2.05) is 51.5 Å². The molecule has 0 saturated heterocycles. The van der Waals surface area contributed by atoms with Gasteiger partial charge in [-0.05, 0) is 83.1 Å². The lowest BCUT2D eigenvalue weighted by molar-refractivity contribution is -0.870. The van der Waals surface area contributed by atoms with Gasteiger partial charge in [-0.1, -0.05) is 195 Å². The Balaban J connectivity index is 5.58. The normalized spacial score (nSPS) is 14.8. The highest BCUT2D eigenvalue weighted by Gasteiger charge is 2.30. The fourth-order valence-electron chi connectivity index (χ4n) is 6.57. The first kappa shape index (κ1) is 62.7. The van der Waals surface area contributed by atoms with E-state index in [2.05, 4.69) is 105 Å². The number of phosphoric acid groups is 1. The largest absolute Gasteiger partial charge is 0.472 e. The van der Waals surface area contributed by atoms with E-state index >= 15 is 0 Å². The van der Waals surface area contributed by atoms with Gasteiger partial charge in [0.05, 0.1) is 33.8 Å². The Hall–Kier alpha value is -3.33. The number of likely N-dealkylation sites (N-methyl/N-ethyl adjacent to an activating group) is 1. The number of nitrogens with one attached hydrogen (secondary N) is 1. The van der Waals surface area contributed by atoms with Crippen LogP contribution in [0.5, 0.6) is 0 Å². The molecule has 376 valence electrons. The van der Waals surface area contributed by atoms with Crippen molar-refractivity contribution in [2.45, 2.75) is 193 Å². The van der Waals surface area contributed by atoms with Gasteiger partial charge in [0.15, 0.2) is 0 Å². The van der Waals surface area contributed by atoms with Crippen molar-refractivity contribution in [3.63, 3.8) is 0 Å². The molecular weight excluding hydrogens is 844 g/mol. The third-order valence-corrected chi connectivity index (χ3v) is 11.5. The third-order valence-electron chi connectivity index (χ3n) is 10.5. The minimum Gasteiger partial charge on any atom is -0.456 e. The molecule has 0 aromatic heterocycles. The van der Waals surface area contributed by atoms with E-state index in [0.29, 0.717) is 23.9 Å². The fraction of sp³-hybridized carbons (Fsp3) is 0.643. The second kappa shape index (κ2) is 45.5. The zero-order valence-electron chi connectivity index (χ0n) is 42.6. The molecule has 0 aliphatic rings. The van der Waals surface area contributed by atoms with Gasteiger partial charge in [-0.3, -0.25) is 18.6 Å². The lowest BCUT2D eigenvalue weighted by Crippen LogP contribution is -2.47. The summed E-state index contributed by atoms with van der Waals surface area (Å²) in [5, 5.41) is 2.97. The summed E-state index contributed by atoms with van der Waals surface area (Å²) in [7, 11) is 1.42. The third kappa shape index (κ3) is 45.8. The van der Waals surface area contributed by atoms with Crippen LogP contribution in [0.3, 0.4) is 0 Å². The Labute approximate surface area is 404 Å². The highest BCUT2D eigenvalue weighted by atomic mass is 31.2.